The summed E-state index contributed by atoms with van der Waals surface area (Å²) in [5, 5.41) is 9.74. The average molecular weight is 657 g/mol. The van der Waals surface area contributed by atoms with Crippen LogP contribution in [0.4, 0.5) is 5.82 Å². The van der Waals surface area contributed by atoms with Gasteiger partial charge in [-0.1, -0.05) is 50.6 Å². The Morgan fingerprint density at radius 1 is 1.06 bits per heavy atom. The summed E-state index contributed by atoms with van der Waals surface area (Å²) in [5.41, 5.74) is 3.55. The van der Waals surface area contributed by atoms with Gasteiger partial charge in [0.25, 0.3) is 0 Å². The molecule has 3 aromatic heterocycles. The molecule has 10 nitrogen and oxygen atoms in total. The molecule has 0 saturated carbocycles. The van der Waals surface area contributed by atoms with Gasteiger partial charge in [0.05, 0.1) is 24.5 Å². The van der Waals surface area contributed by atoms with Crippen molar-refractivity contribution >= 4 is 17.4 Å². The number of allylic oxidation sites excluding steroid dienone is 1. The SMILES string of the molecule is C=CCCCCCN(CCCC)c1c([C@H](OC(C)(C)C)C(=O)OC)c(C)nc2cc(-n3cc(Cc4cccc(OCC=C)c4)cn3)nn12. The Hall–Kier alpha value is -4.44. The summed E-state index contributed by atoms with van der Waals surface area (Å²) < 4.78 is 21.1. The van der Waals surface area contributed by atoms with Gasteiger partial charge in [0.2, 0.25) is 0 Å². The van der Waals surface area contributed by atoms with E-state index in [1.807, 2.05) is 74.9 Å². The van der Waals surface area contributed by atoms with Crippen LogP contribution in [0.2, 0.25) is 0 Å². The van der Waals surface area contributed by atoms with Crippen LogP contribution < -0.4 is 9.64 Å². The second kappa shape index (κ2) is 17.1. The highest BCUT2D eigenvalue weighted by Gasteiger charge is 2.35. The Morgan fingerprint density at radius 3 is 2.56 bits per heavy atom. The molecule has 10 heteroatoms. The van der Waals surface area contributed by atoms with E-state index in [1.165, 1.54) is 7.11 Å². The quantitative estimate of drug-likeness (QED) is 0.0574. The van der Waals surface area contributed by atoms with Crippen molar-refractivity contribution in [3.63, 3.8) is 0 Å². The first-order valence-corrected chi connectivity index (χ1v) is 17.0. The van der Waals surface area contributed by atoms with Gasteiger partial charge in [0.15, 0.2) is 17.6 Å². The maximum atomic E-state index is 13.4. The zero-order valence-corrected chi connectivity index (χ0v) is 29.6. The number of nitrogens with zero attached hydrogens (tertiary/aromatic N) is 6. The van der Waals surface area contributed by atoms with Crippen LogP contribution in [0.25, 0.3) is 11.5 Å². The van der Waals surface area contributed by atoms with Crippen LogP contribution in [-0.4, -0.2) is 62.8 Å². The summed E-state index contributed by atoms with van der Waals surface area (Å²) in [6, 6.07) is 9.97. The van der Waals surface area contributed by atoms with E-state index in [0.717, 1.165) is 74.3 Å². The van der Waals surface area contributed by atoms with Crippen LogP contribution in [0.5, 0.6) is 5.75 Å². The molecule has 0 amide bonds. The van der Waals surface area contributed by atoms with E-state index in [9.17, 15) is 4.79 Å². The zero-order chi connectivity index (χ0) is 34.7. The molecular weight excluding hydrogens is 604 g/mol. The first-order chi connectivity index (χ1) is 23.1. The highest BCUT2D eigenvalue weighted by Crippen LogP contribution is 2.36. The number of unbranched alkanes of at least 4 members (excludes halogenated alkanes) is 4. The number of hydrogen-bond acceptors (Lipinski definition) is 8. The number of aryl methyl sites for hydroxylation is 1. The molecule has 258 valence electrons. The number of methoxy groups -OCH3 is 1. The van der Waals surface area contributed by atoms with E-state index in [-0.39, 0.29) is 0 Å². The predicted molar refractivity (Wildman–Crippen MR) is 191 cm³/mol. The normalized spacial score (nSPS) is 12.2. The van der Waals surface area contributed by atoms with Crippen molar-refractivity contribution in [2.45, 2.75) is 91.3 Å². The van der Waals surface area contributed by atoms with Gasteiger partial charge in [0.1, 0.15) is 18.2 Å². The van der Waals surface area contributed by atoms with Gasteiger partial charge in [-0.25, -0.2) is 14.5 Å². The Kier molecular flexibility index (Phi) is 13.0. The maximum absolute atomic E-state index is 13.4. The summed E-state index contributed by atoms with van der Waals surface area (Å²) in [4.78, 5) is 20.7. The van der Waals surface area contributed by atoms with Gasteiger partial charge in [-0.15, -0.1) is 11.7 Å². The minimum atomic E-state index is -0.984. The first-order valence-electron chi connectivity index (χ1n) is 17.0. The Labute approximate surface area is 285 Å². The van der Waals surface area contributed by atoms with Crippen molar-refractivity contribution in [1.82, 2.24) is 24.4 Å². The fourth-order valence-electron chi connectivity index (χ4n) is 5.66. The van der Waals surface area contributed by atoms with Crippen LogP contribution in [0.15, 0.2) is 68.0 Å². The average Bonchev–Trinajstić information content (AvgIpc) is 3.70. The third-order valence-corrected chi connectivity index (χ3v) is 7.90. The lowest BCUT2D eigenvalue weighted by Gasteiger charge is -2.32. The largest absolute Gasteiger partial charge is 0.490 e. The molecule has 1 atom stereocenters. The van der Waals surface area contributed by atoms with Crippen molar-refractivity contribution in [2.24, 2.45) is 0 Å². The number of aromatic nitrogens is 5. The van der Waals surface area contributed by atoms with Crippen LogP contribution in [-0.2, 0) is 20.7 Å². The van der Waals surface area contributed by atoms with Gasteiger partial charge in [-0.05, 0) is 76.6 Å². The highest BCUT2D eigenvalue weighted by atomic mass is 16.6. The molecule has 1 aromatic carbocycles. The van der Waals surface area contributed by atoms with E-state index in [1.54, 1.807) is 10.8 Å². The van der Waals surface area contributed by atoms with E-state index >= 15 is 0 Å². The fourth-order valence-corrected chi connectivity index (χ4v) is 5.66. The lowest BCUT2D eigenvalue weighted by atomic mass is 10.0. The van der Waals surface area contributed by atoms with Gasteiger partial charge in [-0.2, -0.15) is 9.61 Å². The van der Waals surface area contributed by atoms with E-state index in [4.69, 9.17) is 24.3 Å². The molecule has 0 fully saturated rings. The number of fused-ring (bicyclic) bond motifs is 1. The summed E-state index contributed by atoms with van der Waals surface area (Å²) >= 11 is 0. The first kappa shape index (κ1) is 36.4. The third-order valence-electron chi connectivity index (χ3n) is 7.90. The summed E-state index contributed by atoms with van der Waals surface area (Å²) in [6.45, 7) is 19.6. The van der Waals surface area contributed by atoms with E-state index in [2.05, 4.69) is 36.1 Å². The summed E-state index contributed by atoms with van der Waals surface area (Å²) in [6.07, 6.45) is 13.4. The Balaban J connectivity index is 1.80. The van der Waals surface area contributed by atoms with Crippen molar-refractivity contribution in [3.8, 4) is 11.6 Å². The molecule has 0 radical (unpaired) electrons. The molecule has 48 heavy (non-hydrogen) atoms. The van der Waals surface area contributed by atoms with Crippen molar-refractivity contribution in [1.29, 1.82) is 0 Å². The summed E-state index contributed by atoms with van der Waals surface area (Å²) in [7, 11) is 1.39. The number of esters is 1. The van der Waals surface area contributed by atoms with Gasteiger partial charge in [0, 0.05) is 37.5 Å². The highest BCUT2D eigenvalue weighted by molar-refractivity contribution is 5.80. The molecule has 4 rings (SSSR count). The number of anilines is 1. The monoisotopic (exact) mass is 656 g/mol. The van der Waals surface area contributed by atoms with Crippen molar-refractivity contribution in [3.05, 3.63) is 90.4 Å². The van der Waals surface area contributed by atoms with Crippen molar-refractivity contribution < 1.29 is 19.0 Å². The standard InChI is InChI=1S/C38H52N6O4/c1-9-12-14-15-16-21-42(20-13-10-2)36-34(35(37(45)46-8)48-38(5,6)7)28(4)40-32-25-33(41-44(32)36)43-27-30(26-39-43)23-29-18-17-19-31(24-29)47-22-11-3/h9,11,17-19,24-27,35H,1,3,10,12-16,20-23H2,2,4-8H3/t35-/m0/s1. The lowest BCUT2D eigenvalue weighted by molar-refractivity contribution is -0.164. The minimum Gasteiger partial charge on any atom is -0.490 e. The molecule has 3 heterocycles. The topological polar surface area (TPSA) is 96.0 Å². The van der Waals surface area contributed by atoms with Crippen LogP contribution in [0.1, 0.15) is 94.7 Å². The molecular formula is C38H52N6O4. The lowest BCUT2D eigenvalue weighted by Crippen LogP contribution is -2.34. The Morgan fingerprint density at radius 2 is 1.85 bits per heavy atom. The molecule has 0 unspecified atom stereocenters. The molecule has 0 aliphatic rings. The molecule has 4 aromatic rings. The second-order valence-corrected chi connectivity index (χ2v) is 13.0. The van der Waals surface area contributed by atoms with E-state index < -0.39 is 17.7 Å². The molecule has 0 bridgehead atoms. The van der Waals surface area contributed by atoms with Crippen LogP contribution in [0, 0.1) is 6.92 Å². The summed E-state index contributed by atoms with van der Waals surface area (Å²) in [5.74, 6) is 1.76. The Bertz CT molecular complexity index is 1670. The molecule has 0 aliphatic carbocycles. The van der Waals surface area contributed by atoms with Gasteiger partial charge in [-0.3, -0.25) is 0 Å². The molecule has 0 N–H and O–H groups in total. The van der Waals surface area contributed by atoms with E-state index in [0.29, 0.717) is 35.8 Å². The predicted octanol–water partition coefficient (Wildman–Crippen LogP) is 7.76. The fraction of sp³-hybridized carbons (Fsp3) is 0.474. The van der Waals surface area contributed by atoms with Gasteiger partial charge < -0.3 is 19.1 Å². The van der Waals surface area contributed by atoms with Crippen LogP contribution >= 0.6 is 0 Å². The number of carbonyl (C=O) groups is 1. The number of benzene rings is 1. The molecule has 0 aliphatic heterocycles. The maximum Gasteiger partial charge on any atom is 0.339 e. The minimum absolute atomic E-state index is 0.459. The van der Waals surface area contributed by atoms with Gasteiger partial charge >= 0.3 is 5.97 Å². The number of ether oxygens (including phenoxy) is 3. The third kappa shape index (κ3) is 9.56. The number of carbonyl (C=O) groups excluding carboxylic acids is 1. The smallest absolute Gasteiger partial charge is 0.339 e. The molecule has 0 spiro atoms. The number of hydrogen-bond donors (Lipinski definition) is 0. The van der Waals surface area contributed by atoms with Crippen molar-refractivity contribution in [2.75, 3.05) is 31.7 Å². The van der Waals surface area contributed by atoms with Crippen LogP contribution in [0.3, 0.4) is 0 Å². The molecule has 0 saturated heterocycles. The number of rotatable bonds is 19. The second-order valence-electron chi connectivity index (χ2n) is 13.0. The zero-order valence-electron chi connectivity index (χ0n) is 29.6.